The van der Waals surface area contributed by atoms with Gasteiger partial charge >= 0.3 is 0 Å². The summed E-state index contributed by atoms with van der Waals surface area (Å²) in [6, 6.07) is 5.57. The number of methoxy groups -OCH3 is 2. The molecule has 1 aliphatic rings. The molecule has 1 unspecified atom stereocenters. The molecular weight excluding hydrogens is 400 g/mol. The van der Waals surface area contributed by atoms with Gasteiger partial charge in [0.1, 0.15) is 27.8 Å². The number of nitrogens with zero attached hydrogens (tertiary/aromatic N) is 3. The van der Waals surface area contributed by atoms with Crippen molar-refractivity contribution in [2.45, 2.75) is 26.2 Å². The maximum absolute atomic E-state index is 13.2. The van der Waals surface area contributed by atoms with Crippen LogP contribution in [0, 0.1) is 13.8 Å². The maximum atomic E-state index is 13.2. The van der Waals surface area contributed by atoms with Crippen LogP contribution in [0.5, 0.6) is 11.5 Å². The average Bonchev–Trinajstić information content (AvgIpc) is 3.51. The van der Waals surface area contributed by atoms with E-state index in [4.69, 9.17) is 14.5 Å². The van der Waals surface area contributed by atoms with E-state index in [-0.39, 0.29) is 11.8 Å². The second-order valence-electron chi connectivity index (χ2n) is 7.77. The summed E-state index contributed by atoms with van der Waals surface area (Å²) in [4.78, 5) is 24.4. The minimum absolute atomic E-state index is 0.00394. The van der Waals surface area contributed by atoms with Crippen LogP contribution >= 0.6 is 11.3 Å². The smallest absolute Gasteiger partial charge is 0.270 e. The summed E-state index contributed by atoms with van der Waals surface area (Å²) in [6.07, 6.45) is 0.923. The monoisotopic (exact) mass is 424 g/mol. The molecule has 1 atom stereocenters. The molecule has 4 heterocycles. The fraction of sp³-hybridized carbons (Fsp3) is 0.364. The van der Waals surface area contributed by atoms with Gasteiger partial charge in [0.25, 0.3) is 5.91 Å². The number of hydrogen-bond acceptors (Lipinski definition) is 5. The van der Waals surface area contributed by atoms with Gasteiger partial charge < -0.3 is 19.4 Å². The van der Waals surface area contributed by atoms with E-state index in [1.54, 1.807) is 25.6 Å². The number of ether oxygens (including phenoxy) is 2. The van der Waals surface area contributed by atoms with Gasteiger partial charge in [-0.2, -0.15) is 0 Å². The number of aryl methyl sites for hydroxylation is 2. The minimum atomic E-state index is 0.00394. The highest BCUT2D eigenvalue weighted by molar-refractivity contribution is 7.15. The lowest BCUT2D eigenvalue weighted by molar-refractivity contribution is 0.0786. The van der Waals surface area contributed by atoms with Crippen LogP contribution in [-0.4, -0.2) is 52.5 Å². The number of likely N-dealkylation sites (tertiary alicyclic amines) is 1. The molecule has 1 saturated heterocycles. The van der Waals surface area contributed by atoms with Gasteiger partial charge in [-0.15, -0.1) is 11.3 Å². The lowest BCUT2D eigenvalue weighted by Gasteiger charge is -2.15. The third kappa shape index (κ3) is 2.86. The molecule has 0 aliphatic carbocycles. The number of rotatable bonds is 4. The number of hydrogen-bond donors (Lipinski definition) is 1. The first-order chi connectivity index (χ1) is 14.5. The summed E-state index contributed by atoms with van der Waals surface area (Å²) in [5.41, 5.74) is 3.71. The Balaban J connectivity index is 1.42. The maximum Gasteiger partial charge on any atom is 0.270 e. The molecule has 1 fully saturated rings. The molecule has 156 valence electrons. The van der Waals surface area contributed by atoms with Crippen molar-refractivity contribution in [3.05, 3.63) is 46.5 Å². The summed E-state index contributed by atoms with van der Waals surface area (Å²) >= 11 is 1.73. The quantitative estimate of drug-likeness (QED) is 0.534. The summed E-state index contributed by atoms with van der Waals surface area (Å²) in [6.45, 7) is 5.55. The first-order valence-electron chi connectivity index (χ1n) is 9.97. The number of amides is 1. The first-order valence-corrected chi connectivity index (χ1v) is 10.8. The van der Waals surface area contributed by atoms with Crippen LogP contribution in [0.15, 0.2) is 23.6 Å². The molecule has 30 heavy (non-hydrogen) atoms. The molecule has 4 aromatic rings. The van der Waals surface area contributed by atoms with E-state index in [1.165, 1.54) is 10.5 Å². The van der Waals surface area contributed by atoms with Gasteiger partial charge in [0.15, 0.2) is 0 Å². The van der Waals surface area contributed by atoms with Crippen LogP contribution in [0.25, 0.3) is 15.7 Å². The Morgan fingerprint density at radius 2 is 2.07 bits per heavy atom. The number of carbonyl (C=O) groups is 1. The standard InChI is InChI=1S/C22H24N4O3S/c1-12-11-30-22-20(23-13(2)26(12)22)14-5-6-25(10-14)21(27)18-9-16-17(24-18)7-15(28-3)8-19(16)29-4/h7-9,11,14,24H,5-6,10H2,1-4H3. The van der Waals surface area contributed by atoms with Crippen molar-refractivity contribution in [2.75, 3.05) is 27.3 Å². The number of thiazole rings is 1. The Labute approximate surface area is 178 Å². The van der Waals surface area contributed by atoms with Crippen molar-refractivity contribution in [1.29, 1.82) is 0 Å². The predicted molar refractivity (Wildman–Crippen MR) is 117 cm³/mol. The summed E-state index contributed by atoms with van der Waals surface area (Å²) in [7, 11) is 3.23. The van der Waals surface area contributed by atoms with Gasteiger partial charge in [-0.1, -0.05) is 0 Å². The molecular formula is C22H24N4O3S. The van der Waals surface area contributed by atoms with Gasteiger partial charge in [0.05, 0.1) is 25.4 Å². The number of aromatic nitrogens is 3. The highest BCUT2D eigenvalue weighted by atomic mass is 32.1. The van der Waals surface area contributed by atoms with Crippen molar-refractivity contribution in [3.8, 4) is 11.5 Å². The topological polar surface area (TPSA) is 71.9 Å². The van der Waals surface area contributed by atoms with E-state index in [9.17, 15) is 4.79 Å². The molecule has 0 spiro atoms. The molecule has 0 saturated carbocycles. The first kappa shape index (κ1) is 19.0. The van der Waals surface area contributed by atoms with E-state index in [2.05, 4.69) is 21.7 Å². The zero-order chi connectivity index (χ0) is 21.0. The number of carbonyl (C=O) groups excluding carboxylic acids is 1. The number of H-pyrrole nitrogens is 1. The largest absolute Gasteiger partial charge is 0.497 e. The third-order valence-corrected chi connectivity index (χ3v) is 7.02. The SMILES string of the molecule is COc1cc(OC)c2cc(C(=O)N3CCC(c4nc(C)n5c(C)csc45)C3)[nH]c2c1. The molecule has 1 amide bonds. The second-order valence-corrected chi connectivity index (χ2v) is 8.63. The van der Waals surface area contributed by atoms with Crippen LogP contribution in [0.2, 0.25) is 0 Å². The van der Waals surface area contributed by atoms with Crippen LogP contribution in [0.3, 0.4) is 0 Å². The predicted octanol–water partition coefficient (Wildman–Crippen LogP) is 4.14. The zero-order valence-corrected chi connectivity index (χ0v) is 18.3. The number of aromatic amines is 1. The highest BCUT2D eigenvalue weighted by Gasteiger charge is 2.32. The lowest BCUT2D eigenvalue weighted by Crippen LogP contribution is -2.28. The highest BCUT2D eigenvalue weighted by Crippen LogP contribution is 2.35. The van der Waals surface area contributed by atoms with Crippen molar-refractivity contribution in [2.24, 2.45) is 0 Å². The van der Waals surface area contributed by atoms with E-state index >= 15 is 0 Å². The number of nitrogens with one attached hydrogen (secondary N) is 1. The molecule has 5 rings (SSSR count). The second kappa shape index (κ2) is 7.05. The summed E-state index contributed by atoms with van der Waals surface area (Å²) < 4.78 is 13.0. The molecule has 1 aromatic carbocycles. The van der Waals surface area contributed by atoms with Crippen molar-refractivity contribution in [1.82, 2.24) is 19.3 Å². The van der Waals surface area contributed by atoms with E-state index in [1.807, 2.05) is 30.0 Å². The average molecular weight is 425 g/mol. The number of benzene rings is 1. The Morgan fingerprint density at radius 1 is 1.23 bits per heavy atom. The Morgan fingerprint density at radius 3 is 2.83 bits per heavy atom. The fourth-order valence-corrected chi connectivity index (χ4v) is 5.54. The van der Waals surface area contributed by atoms with Crippen LogP contribution in [-0.2, 0) is 0 Å². The number of imidazole rings is 1. The lowest BCUT2D eigenvalue weighted by atomic mass is 10.1. The normalized spacial score (nSPS) is 16.7. The van der Waals surface area contributed by atoms with Gasteiger partial charge in [0.2, 0.25) is 0 Å². The molecule has 1 N–H and O–H groups in total. The Bertz CT molecular complexity index is 1270. The van der Waals surface area contributed by atoms with Gasteiger partial charge in [-0.25, -0.2) is 4.98 Å². The van der Waals surface area contributed by atoms with E-state index in [0.29, 0.717) is 23.7 Å². The molecule has 1 aliphatic heterocycles. The van der Waals surface area contributed by atoms with Gasteiger partial charge in [-0.3, -0.25) is 9.20 Å². The van der Waals surface area contributed by atoms with Gasteiger partial charge in [-0.05, 0) is 26.3 Å². The van der Waals surface area contributed by atoms with E-state index in [0.717, 1.165) is 35.4 Å². The van der Waals surface area contributed by atoms with Crippen molar-refractivity contribution in [3.63, 3.8) is 0 Å². The van der Waals surface area contributed by atoms with Crippen LogP contribution in [0.1, 0.15) is 40.0 Å². The Hall–Kier alpha value is -3.00. The van der Waals surface area contributed by atoms with Crippen molar-refractivity contribution >= 4 is 33.0 Å². The van der Waals surface area contributed by atoms with Crippen molar-refractivity contribution < 1.29 is 14.3 Å². The molecule has 3 aromatic heterocycles. The van der Waals surface area contributed by atoms with Gasteiger partial charge in [0, 0.05) is 47.6 Å². The summed E-state index contributed by atoms with van der Waals surface area (Å²) in [5.74, 6) is 2.65. The molecule has 7 nitrogen and oxygen atoms in total. The fourth-order valence-electron chi connectivity index (χ4n) is 4.44. The summed E-state index contributed by atoms with van der Waals surface area (Å²) in [5, 5.41) is 3.04. The molecule has 0 radical (unpaired) electrons. The van der Waals surface area contributed by atoms with Crippen LogP contribution in [0.4, 0.5) is 0 Å². The Kier molecular flexibility index (Phi) is 4.47. The number of fused-ring (bicyclic) bond motifs is 2. The van der Waals surface area contributed by atoms with E-state index < -0.39 is 0 Å². The molecule has 0 bridgehead atoms. The van der Waals surface area contributed by atoms with Crippen LogP contribution < -0.4 is 9.47 Å². The minimum Gasteiger partial charge on any atom is -0.497 e. The molecule has 8 heteroatoms. The zero-order valence-electron chi connectivity index (χ0n) is 17.5. The third-order valence-electron chi connectivity index (χ3n) is 5.94.